The first kappa shape index (κ1) is 14.8. The number of ether oxygens (including phenoxy) is 2. The van der Waals surface area contributed by atoms with Gasteiger partial charge in [0.1, 0.15) is 0 Å². The number of hydrogen-bond donors (Lipinski definition) is 2. The fourth-order valence-electron chi connectivity index (χ4n) is 3.64. The number of aliphatic hydroxyl groups excluding tert-OH is 2. The van der Waals surface area contributed by atoms with Crippen LogP contribution in [0.25, 0.3) is 0 Å². The number of aliphatic hydroxyl groups is 2. The average molecular weight is 294 g/mol. The second-order valence-corrected chi connectivity index (χ2v) is 6.09. The lowest BCUT2D eigenvalue weighted by Gasteiger charge is -2.46. The summed E-state index contributed by atoms with van der Waals surface area (Å²) in [7, 11) is 0. The Bertz CT molecular complexity index is 527. The standard InChI is InChI=1S/C16H22O5/c1-11-13(9-17)15(2,14(18)12-3-6-19-10-12)4-5-16(11)20-7-8-21-16/h3,6,10,14,17-18H,4-5,7-9H2,1-2H3. The molecule has 0 saturated carbocycles. The van der Waals surface area contributed by atoms with Gasteiger partial charge in [0.05, 0.1) is 38.5 Å². The molecule has 1 aliphatic heterocycles. The molecule has 0 aromatic carbocycles. The van der Waals surface area contributed by atoms with E-state index in [1.54, 1.807) is 18.6 Å². The van der Waals surface area contributed by atoms with Gasteiger partial charge in [-0.1, -0.05) is 6.92 Å². The second-order valence-electron chi connectivity index (χ2n) is 6.09. The highest BCUT2D eigenvalue weighted by molar-refractivity contribution is 5.33. The Hall–Kier alpha value is -1.14. The lowest BCUT2D eigenvalue weighted by molar-refractivity contribution is -0.149. The lowest BCUT2D eigenvalue weighted by atomic mass is 9.65. The van der Waals surface area contributed by atoms with Crippen LogP contribution in [-0.4, -0.2) is 35.8 Å². The van der Waals surface area contributed by atoms with Crippen LogP contribution in [0, 0.1) is 5.41 Å². The summed E-state index contributed by atoms with van der Waals surface area (Å²) in [6, 6.07) is 1.76. The Labute approximate surface area is 124 Å². The van der Waals surface area contributed by atoms with Gasteiger partial charge < -0.3 is 24.1 Å². The van der Waals surface area contributed by atoms with Crippen LogP contribution >= 0.6 is 0 Å². The Morgan fingerprint density at radius 1 is 1.29 bits per heavy atom. The van der Waals surface area contributed by atoms with Gasteiger partial charge in [-0.15, -0.1) is 0 Å². The molecule has 1 aromatic rings. The first-order valence-corrected chi connectivity index (χ1v) is 7.33. The summed E-state index contributed by atoms with van der Waals surface area (Å²) in [5.74, 6) is -0.715. The van der Waals surface area contributed by atoms with Crippen molar-refractivity contribution in [1.82, 2.24) is 0 Å². The molecule has 21 heavy (non-hydrogen) atoms. The smallest absolute Gasteiger partial charge is 0.191 e. The van der Waals surface area contributed by atoms with Gasteiger partial charge >= 0.3 is 0 Å². The van der Waals surface area contributed by atoms with Gasteiger partial charge in [-0.3, -0.25) is 0 Å². The molecule has 0 bridgehead atoms. The van der Waals surface area contributed by atoms with Crippen molar-refractivity contribution >= 4 is 0 Å². The van der Waals surface area contributed by atoms with Crippen LogP contribution in [0.1, 0.15) is 38.4 Å². The van der Waals surface area contributed by atoms with E-state index in [1.165, 1.54) is 0 Å². The minimum Gasteiger partial charge on any atom is -0.472 e. The van der Waals surface area contributed by atoms with Crippen molar-refractivity contribution in [1.29, 1.82) is 0 Å². The molecule has 1 saturated heterocycles. The van der Waals surface area contributed by atoms with Crippen molar-refractivity contribution in [3.63, 3.8) is 0 Å². The van der Waals surface area contributed by atoms with Gasteiger partial charge in [0.2, 0.25) is 0 Å². The monoisotopic (exact) mass is 294 g/mol. The number of furan rings is 1. The molecule has 116 valence electrons. The Morgan fingerprint density at radius 2 is 2.00 bits per heavy atom. The van der Waals surface area contributed by atoms with Gasteiger partial charge in [-0.25, -0.2) is 0 Å². The highest BCUT2D eigenvalue weighted by atomic mass is 16.7. The predicted octanol–water partition coefficient (Wildman–Crippen LogP) is 2.17. The van der Waals surface area contributed by atoms with Crippen LogP contribution in [0.4, 0.5) is 0 Å². The molecule has 2 atom stereocenters. The Balaban J connectivity index is 2.01. The van der Waals surface area contributed by atoms with E-state index in [1.807, 2.05) is 13.8 Å². The van der Waals surface area contributed by atoms with Gasteiger partial charge in [0.25, 0.3) is 0 Å². The van der Waals surface area contributed by atoms with E-state index in [-0.39, 0.29) is 6.61 Å². The van der Waals surface area contributed by atoms with Gasteiger partial charge in [-0.05, 0) is 30.6 Å². The fourth-order valence-corrected chi connectivity index (χ4v) is 3.64. The van der Waals surface area contributed by atoms with E-state index in [0.29, 0.717) is 26.1 Å². The maximum Gasteiger partial charge on any atom is 0.191 e. The van der Waals surface area contributed by atoms with Crippen molar-refractivity contribution in [3.05, 3.63) is 35.3 Å². The molecule has 0 radical (unpaired) electrons. The van der Waals surface area contributed by atoms with E-state index < -0.39 is 17.3 Å². The molecular formula is C16H22O5. The molecule has 2 heterocycles. The van der Waals surface area contributed by atoms with Crippen molar-refractivity contribution in [2.75, 3.05) is 19.8 Å². The normalized spacial score (nSPS) is 30.1. The summed E-state index contributed by atoms with van der Waals surface area (Å²) in [4.78, 5) is 0. The second kappa shape index (κ2) is 5.25. The van der Waals surface area contributed by atoms with Crippen LogP contribution in [0.3, 0.4) is 0 Å². The highest BCUT2D eigenvalue weighted by Gasteiger charge is 2.51. The van der Waals surface area contributed by atoms with E-state index >= 15 is 0 Å². The minimum absolute atomic E-state index is 0.119. The van der Waals surface area contributed by atoms with Crippen LogP contribution in [0.15, 0.2) is 34.2 Å². The zero-order valence-electron chi connectivity index (χ0n) is 12.5. The SMILES string of the molecule is CC1=C(CO)C(C)(C(O)c2ccoc2)CCC12OCCO2. The van der Waals surface area contributed by atoms with E-state index in [2.05, 4.69) is 0 Å². The molecule has 1 spiro atoms. The Morgan fingerprint density at radius 3 is 2.57 bits per heavy atom. The topological polar surface area (TPSA) is 72.1 Å². The van der Waals surface area contributed by atoms with Crippen LogP contribution in [-0.2, 0) is 9.47 Å². The highest BCUT2D eigenvalue weighted by Crippen LogP contribution is 2.53. The predicted molar refractivity (Wildman–Crippen MR) is 75.4 cm³/mol. The maximum atomic E-state index is 10.8. The molecule has 1 aliphatic carbocycles. The van der Waals surface area contributed by atoms with Crippen molar-refractivity contribution in [3.8, 4) is 0 Å². The summed E-state index contributed by atoms with van der Waals surface area (Å²) in [6.45, 7) is 4.91. The van der Waals surface area contributed by atoms with Crippen molar-refractivity contribution in [2.24, 2.45) is 5.41 Å². The van der Waals surface area contributed by atoms with E-state index in [0.717, 1.165) is 16.7 Å². The molecule has 0 amide bonds. The summed E-state index contributed by atoms with van der Waals surface area (Å²) < 4.78 is 16.7. The quantitative estimate of drug-likeness (QED) is 0.836. The summed E-state index contributed by atoms with van der Waals surface area (Å²) in [6.07, 6.45) is 3.71. The third-order valence-corrected chi connectivity index (χ3v) is 5.06. The molecule has 2 aliphatic rings. The average Bonchev–Trinajstić information content (AvgIpc) is 3.16. The maximum absolute atomic E-state index is 10.8. The van der Waals surface area contributed by atoms with Gasteiger partial charge in [-0.2, -0.15) is 0 Å². The summed E-state index contributed by atoms with van der Waals surface area (Å²) in [5, 5.41) is 20.6. The summed E-state index contributed by atoms with van der Waals surface area (Å²) >= 11 is 0. The summed E-state index contributed by atoms with van der Waals surface area (Å²) in [5.41, 5.74) is 1.85. The third-order valence-electron chi connectivity index (χ3n) is 5.06. The minimum atomic E-state index is -0.730. The first-order valence-electron chi connectivity index (χ1n) is 7.33. The van der Waals surface area contributed by atoms with Gasteiger partial charge in [0.15, 0.2) is 5.79 Å². The van der Waals surface area contributed by atoms with E-state index in [4.69, 9.17) is 13.9 Å². The fraction of sp³-hybridized carbons (Fsp3) is 0.625. The zero-order chi connectivity index (χ0) is 15.1. The number of rotatable bonds is 3. The van der Waals surface area contributed by atoms with Crippen molar-refractivity contribution < 1.29 is 24.1 Å². The first-order chi connectivity index (χ1) is 10.0. The van der Waals surface area contributed by atoms with Crippen LogP contribution in [0.5, 0.6) is 0 Å². The van der Waals surface area contributed by atoms with Crippen LogP contribution in [0.2, 0.25) is 0 Å². The molecule has 5 nitrogen and oxygen atoms in total. The molecule has 2 N–H and O–H groups in total. The third kappa shape index (κ3) is 2.16. The molecule has 3 rings (SSSR count). The molecule has 5 heteroatoms. The Kier molecular flexibility index (Phi) is 3.69. The molecule has 1 aromatic heterocycles. The van der Waals surface area contributed by atoms with E-state index in [9.17, 15) is 10.2 Å². The largest absolute Gasteiger partial charge is 0.472 e. The van der Waals surface area contributed by atoms with Crippen molar-refractivity contribution in [2.45, 2.75) is 38.6 Å². The van der Waals surface area contributed by atoms with Crippen LogP contribution < -0.4 is 0 Å². The zero-order valence-corrected chi connectivity index (χ0v) is 12.5. The lowest BCUT2D eigenvalue weighted by Crippen LogP contribution is -2.44. The molecule has 2 unspecified atom stereocenters. The molecular weight excluding hydrogens is 272 g/mol. The molecule has 1 fully saturated rings. The number of hydrogen-bond acceptors (Lipinski definition) is 5. The van der Waals surface area contributed by atoms with Gasteiger partial charge in [0, 0.05) is 17.4 Å².